The number of anilines is 9. The highest BCUT2D eigenvalue weighted by Gasteiger charge is 2.55. The minimum Gasteiger partial charge on any atom is -0.311 e. The molecule has 0 N–H and O–H groups in total. The number of aryl methyl sites for hydroxylation is 5. The summed E-state index contributed by atoms with van der Waals surface area (Å²) < 4.78 is 0. The SMILES string of the molecule is Cc1ccc(N2c3cc(C)cc4c3B3c5c2cc(C)cc5N(c2ccc(C)cc2)c2c3c(cc3c2-c2ccccc2C3(c2ccccc2)c2ccccc2)N4c2ccc(C)cc2)cc1. The molecule has 0 saturated heterocycles. The van der Waals surface area contributed by atoms with Crippen LogP contribution in [0.5, 0.6) is 0 Å². The van der Waals surface area contributed by atoms with Crippen LogP contribution in [-0.2, 0) is 5.41 Å². The van der Waals surface area contributed by atoms with Gasteiger partial charge in [-0.25, -0.2) is 0 Å². The minimum atomic E-state index is -0.594. The lowest BCUT2D eigenvalue weighted by atomic mass is 9.31. The fourth-order valence-electron chi connectivity index (χ4n) is 11.8. The Bertz CT molecular complexity index is 3320. The maximum atomic E-state index is 2.65. The van der Waals surface area contributed by atoms with Crippen LogP contribution in [0.3, 0.4) is 0 Å². The molecule has 4 heteroatoms. The first kappa shape index (κ1) is 37.0. The third-order valence-corrected chi connectivity index (χ3v) is 14.5. The quantitative estimate of drug-likeness (QED) is 0.160. The molecule has 304 valence electrons. The number of nitrogens with zero attached hydrogens (tertiary/aromatic N) is 3. The highest BCUT2D eigenvalue weighted by molar-refractivity contribution is 7.02. The summed E-state index contributed by atoms with van der Waals surface area (Å²) in [5.74, 6) is 0. The standard InChI is InChI=1S/C60H46BN3/c1-37-20-26-44(27-21-37)62-50-32-40(4)33-51-56(50)61-57-52(62)34-41(5)35-53(57)64(46-30-24-39(3)25-31-46)59-55-47-18-12-13-19-48(47)60(42-14-8-6-9-15-42,43-16-10-7-11-17-43)49(55)36-54(58(59)61)63(51)45-28-22-38(2)23-29-45/h6-36H,1-5H3. The van der Waals surface area contributed by atoms with Gasteiger partial charge in [0.2, 0.25) is 0 Å². The fourth-order valence-corrected chi connectivity index (χ4v) is 11.8. The van der Waals surface area contributed by atoms with Gasteiger partial charge in [-0.1, -0.05) is 138 Å². The van der Waals surface area contributed by atoms with Gasteiger partial charge in [0, 0.05) is 51.1 Å². The molecule has 0 fully saturated rings. The van der Waals surface area contributed by atoms with E-state index >= 15 is 0 Å². The smallest absolute Gasteiger partial charge is 0.257 e. The molecule has 0 bridgehead atoms. The Morgan fingerprint density at radius 1 is 0.344 bits per heavy atom. The molecule has 0 saturated carbocycles. The summed E-state index contributed by atoms with van der Waals surface area (Å²) in [5.41, 5.74) is 28.3. The lowest BCUT2D eigenvalue weighted by molar-refractivity contribution is 0.768. The first-order valence-electron chi connectivity index (χ1n) is 22.6. The van der Waals surface area contributed by atoms with Gasteiger partial charge in [0.05, 0.1) is 11.1 Å². The molecule has 0 atom stereocenters. The van der Waals surface area contributed by atoms with E-state index in [1.165, 1.54) is 117 Å². The van der Waals surface area contributed by atoms with Crippen LogP contribution in [0.2, 0.25) is 0 Å². The third kappa shape index (κ3) is 4.94. The molecule has 9 aromatic rings. The van der Waals surface area contributed by atoms with Crippen LogP contribution in [0.1, 0.15) is 50.1 Å². The Balaban J connectivity index is 1.26. The summed E-state index contributed by atoms with van der Waals surface area (Å²) >= 11 is 0. The number of hydrogen-bond donors (Lipinski definition) is 0. The van der Waals surface area contributed by atoms with E-state index in [0.29, 0.717) is 0 Å². The number of benzene rings is 9. The van der Waals surface area contributed by atoms with Gasteiger partial charge in [-0.2, -0.15) is 0 Å². The average Bonchev–Trinajstić information content (AvgIpc) is 3.61. The highest BCUT2D eigenvalue weighted by atomic mass is 15.2. The Hall–Kier alpha value is -7.56. The van der Waals surface area contributed by atoms with Crippen molar-refractivity contribution in [3.05, 3.63) is 238 Å². The van der Waals surface area contributed by atoms with Crippen LogP contribution in [0.15, 0.2) is 188 Å². The van der Waals surface area contributed by atoms with Crippen LogP contribution in [-0.4, -0.2) is 6.71 Å². The van der Waals surface area contributed by atoms with Crippen LogP contribution >= 0.6 is 0 Å². The number of fused-ring (bicyclic) bond motifs is 4. The molecular formula is C60H46BN3. The summed E-state index contributed by atoms with van der Waals surface area (Å²) in [6, 6.07) is 71.7. The van der Waals surface area contributed by atoms with E-state index in [2.05, 4.69) is 237 Å². The van der Waals surface area contributed by atoms with Crippen molar-refractivity contribution in [3.63, 3.8) is 0 Å². The van der Waals surface area contributed by atoms with Crippen molar-refractivity contribution in [2.45, 2.75) is 40.0 Å². The normalized spacial score (nSPS) is 14.3. The molecule has 0 spiro atoms. The minimum absolute atomic E-state index is 0.0211. The number of rotatable bonds is 5. The maximum Gasteiger partial charge on any atom is 0.257 e. The van der Waals surface area contributed by atoms with Crippen molar-refractivity contribution in [2.75, 3.05) is 14.7 Å². The Morgan fingerprint density at radius 3 is 1.20 bits per heavy atom. The summed E-state index contributed by atoms with van der Waals surface area (Å²) in [5, 5.41) is 0. The van der Waals surface area contributed by atoms with Crippen LogP contribution in [0, 0.1) is 34.6 Å². The van der Waals surface area contributed by atoms with Gasteiger partial charge in [-0.05, 0) is 157 Å². The van der Waals surface area contributed by atoms with Crippen LogP contribution < -0.4 is 31.1 Å². The Kier molecular flexibility index (Phi) is 7.80. The van der Waals surface area contributed by atoms with E-state index in [-0.39, 0.29) is 6.71 Å². The Morgan fingerprint density at radius 2 is 0.734 bits per heavy atom. The predicted molar refractivity (Wildman–Crippen MR) is 270 cm³/mol. The summed E-state index contributed by atoms with van der Waals surface area (Å²) in [6.45, 7) is 11.1. The van der Waals surface area contributed by atoms with Crippen LogP contribution in [0.4, 0.5) is 51.2 Å². The van der Waals surface area contributed by atoms with E-state index in [1.54, 1.807) is 0 Å². The second kappa shape index (κ2) is 13.5. The topological polar surface area (TPSA) is 9.72 Å². The van der Waals surface area contributed by atoms with E-state index in [1.807, 2.05) is 0 Å². The van der Waals surface area contributed by atoms with Crippen molar-refractivity contribution >= 4 is 74.3 Å². The van der Waals surface area contributed by atoms with Gasteiger partial charge in [0.25, 0.3) is 6.71 Å². The Labute approximate surface area is 376 Å². The largest absolute Gasteiger partial charge is 0.311 e. The second-order valence-corrected chi connectivity index (χ2v) is 18.5. The molecule has 0 amide bonds. The second-order valence-electron chi connectivity index (χ2n) is 18.5. The van der Waals surface area contributed by atoms with E-state index in [4.69, 9.17) is 0 Å². The van der Waals surface area contributed by atoms with Crippen LogP contribution in [0.25, 0.3) is 11.1 Å². The molecule has 13 rings (SSSR count). The van der Waals surface area contributed by atoms with Gasteiger partial charge in [-0.15, -0.1) is 0 Å². The van der Waals surface area contributed by atoms with Crippen molar-refractivity contribution < 1.29 is 0 Å². The third-order valence-electron chi connectivity index (χ3n) is 14.5. The lowest BCUT2D eigenvalue weighted by Crippen LogP contribution is -2.65. The maximum absolute atomic E-state index is 2.65. The lowest BCUT2D eigenvalue weighted by Gasteiger charge is -2.50. The fraction of sp³-hybridized carbons (Fsp3) is 0.100. The highest BCUT2D eigenvalue weighted by Crippen LogP contribution is 2.62. The molecule has 3 heterocycles. The monoisotopic (exact) mass is 819 g/mol. The molecule has 0 radical (unpaired) electrons. The summed E-state index contributed by atoms with van der Waals surface area (Å²) in [4.78, 5) is 7.81. The molecule has 0 aromatic heterocycles. The molecule has 3 nitrogen and oxygen atoms in total. The first-order valence-corrected chi connectivity index (χ1v) is 22.6. The zero-order valence-electron chi connectivity index (χ0n) is 36.8. The zero-order valence-corrected chi connectivity index (χ0v) is 36.8. The van der Waals surface area contributed by atoms with Crippen molar-refractivity contribution in [2.24, 2.45) is 0 Å². The van der Waals surface area contributed by atoms with Gasteiger partial charge in [-0.3, -0.25) is 0 Å². The van der Waals surface area contributed by atoms with Crippen molar-refractivity contribution in [1.29, 1.82) is 0 Å². The average molecular weight is 820 g/mol. The van der Waals surface area contributed by atoms with Gasteiger partial charge in [0.1, 0.15) is 0 Å². The van der Waals surface area contributed by atoms with Crippen molar-refractivity contribution in [1.82, 2.24) is 0 Å². The summed E-state index contributed by atoms with van der Waals surface area (Å²) in [7, 11) is 0. The zero-order chi connectivity index (χ0) is 43.0. The van der Waals surface area contributed by atoms with Crippen molar-refractivity contribution in [3.8, 4) is 11.1 Å². The molecule has 64 heavy (non-hydrogen) atoms. The molecule has 0 unspecified atom stereocenters. The molecule has 1 aliphatic carbocycles. The summed E-state index contributed by atoms with van der Waals surface area (Å²) in [6.07, 6.45) is 0. The predicted octanol–water partition coefficient (Wildman–Crippen LogP) is 13.5. The first-order chi connectivity index (χ1) is 31.3. The van der Waals surface area contributed by atoms with E-state index in [0.717, 1.165) is 11.4 Å². The van der Waals surface area contributed by atoms with E-state index in [9.17, 15) is 0 Å². The molecule has 9 aromatic carbocycles. The van der Waals surface area contributed by atoms with E-state index < -0.39 is 5.41 Å². The number of hydrogen-bond acceptors (Lipinski definition) is 3. The molecule has 4 aliphatic rings. The molecule has 3 aliphatic heterocycles. The van der Waals surface area contributed by atoms with Gasteiger partial charge in [0.15, 0.2) is 0 Å². The molecular weight excluding hydrogens is 773 g/mol. The van der Waals surface area contributed by atoms with Gasteiger partial charge < -0.3 is 14.7 Å². The van der Waals surface area contributed by atoms with Gasteiger partial charge >= 0.3 is 0 Å².